The van der Waals surface area contributed by atoms with Gasteiger partial charge < -0.3 is 10.4 Å². The molecule has 1 aromatic carbocycles. The van der Waals surface area contributed by atoms with Gasteiger partial charge in [0.2, 0.25) is 5.91 Å². The summed E-state index contributed by atoms with van der Waals surface area (Å²) in [6.07, 6.45) is 11.2. The Hall–Kier alpha value is -1.88. The van der Waals surface area contributed by atoms with Crippen molar-refractivity contribution in [2.45, 2.75) is 97.6 Å². The minimum absolute atomic E-state index is 0.0583. The van der Waals surface area contributed by atoms with Gasteiger partial charge in [0.25, 0.3) is 0 Å². The number of anilines is 1. The van der Waals surface area contributed by atoms with Crippen LogP contribution in [0.1, 0.15) is 97.6 Å². The number of hydrogen-bond donors (Lipinski definition) is 2. The van der Waals surface area contributed by atoms with Crippen molar-refractivity contribution in [2.24, 2.45) is 23.7 Å². The molecule has 0 radical (unpaired) electrons. The lowest BCUT2D eigenvalue weighted by Crippen LogP contribution is -2.29. The van der Waals surface area contributed by atoms with Gasteiger partial charge in [-0.3, -0.25) is 9.48 Å². The number of nitrogens with zero attached hydrogens (tertiary/aromatic N) is 2. The van der Waals surface area contributed by atoms with Crippen LogP contribution in [0.15, 0.2) is 18.3 Å². The molecule has 2 unspecified atom stereocenters. The molecule has 2 N–H and O–H groups in total. The zero-order chi connectivity index (χ0) is 23.0. The van der Waals surface area contributed by atoms with E-state index < -0.39 is 5.60 Å². The van der Waals surface area contributed by atoms with Crippen molar-refractivity contribution in [3.05, 3.63) is 23.9 Å². The average molecular weight is 440 g/mol. The fourth-order valence-electron chi connectivity index (χ4n) is 5.83. The van der Waals surface area contributed by atoms with Crippen LogP contribution in [0.25, 0.3) is 10.9 Å². The summed E-state index contributed by atoms with van der Waals surface area (Å²) in [6, 6.07) is 4.41. The molecule has 1 heterocycles. The minimum atomic E-state index is -1.06. The van der Waals surface area contributed by atoms with Crippen LogP contribution in [0.2, 0.25) is 0 Å². The maximum absolute atomic E-state index is 13.1. The zero-order valence-corrected chi connectivity index (χ0v) is 20.5. The molecule has 0 aliphatic heterocycles. The van der Waals surface area contributed by atoms with Crippen molar-refractivity contribution < 1.29 is 9.90 Å². The van der Waals surface area contributed by atoms with E-state index in [1.165, 1.54) is 32.1 Å². The van der Waals surface area contributed by atoms with Crippen LogP contribution in [0.5, 0.6) is 0 Å². The molecule has 1 amide bonds. The Bertz CT molecular complexity index is 948. The highest BCUT2D eigenvalue weighted by Crippen LogP contribution is 2.38. The molecule has 4 rings (SSSR count). The minimum Gasteiger partial charge on any atom is -0.386 e. The van der Waals surface area contributed by atoms with Crippen LogP contribution in [0.4, 0.5) is 5.69 Å². The van der Waals surface area contributed by atoms with Gasteiger partial charge in [-0.05, 0) is 82.3 Å². The normalized spacial score (nSPS) is 27.1. The second-order valence-corrected chi connectivity index (χ2v) is 11.4. The van der Waals surface area contributed by atoms with Crippen LogP contribution in [-0.2, 0) is 10.4 Å². The van der Waals surface area contributed by atoms with Gasteiger partial charge in [0.15, 0.2) is 0 Å². The Morgan fingerprint density at radius 3 is 2.50 bits per heavy atom. The number of carbonyl (C=O) groups excluding carboxylic acids is 1. The lowest BCUT2D eigenvalue weighted by atomic mass is 9.80. The first kappa shape index (κ1) is 23.3. The number of aliphatic hydroxyl groups is 1. The van der Waals surface area contributed by atoms with Gasteiger partial charge in [-0.2, -0.15) is 5.10 Å². The number of fused-ring (bicyclic) bond motifs is 1. The zero-order valence-electron chi connectivity index (χ0n) is 20.5. The van der Waals surface area contributed by atoms with Crippen LogP contribution in [0, 0.1) is 23.7 Å². The summed E-state index contributed by atoms with van der Waals surface area (Å²) < 4.78 is 2.13. The molecule has 0 saturated heterocycles. The monoisotopic (exact) mass is 439 g/mol. The topological polar surface area (TPSA) is 67.2 Å². The number of rotatable bonds is 5. The third-order valence-corrected chi connectivity index (χ3v) is 7.94. The number of nitrogens with one attached hydrogen (secondary N) is 1. The number of aromatic nitrogens is 2. The highest BCUT2D eigenvalue weighted by Gasteiger charge is 2.29. The smallest absolute Gasteiger partial charge is 0.227 e. The Morgan fingerprint density at radius 2 is 1.88 bits per heavy atom. The van der Waals surface area contributed by atoms with E-state index in [9.17, 15) is 9.90 Å². The summed E-state index contributed by atoms with van der Waals surface area (Å²) in [5, 5.41) is 19.9. The summed E-state index contributed by atoms with van der Waals surface area (Å²) >= 11 is 0. The third kappa shape index (κ3) is 5.03. The lowest BCUT2D eigenvalue weighted by molar-refractivity contribution is -0.121. The molecule has 176 valence electrons. The highest BCUT2D eigenvalue weighted by atomic mass is 16.3. The van der Waals surface area contributed by atoms with Crippen LogP contribution >= 0.6 is 0 Å². The van der Waals surface area contributed by atoms with Crippen molar-refractivity contribution >= 4 is 22.5 Å². The highest BCUT2D eigenvalue weighted by molar-refractivity contribution is 5.96. The van der Waals surface area contributed by atoms with E-state index in [-0.39, 0.29) is 11.8 Å². The van der Waals surface area contributed by atoms with Gasteiger partial charge in [0.05, 0.1) is 17.2 Å². The fraction of sp³-hybridized carbons (Fsp3) is 0.704. The van der Waals surface area contributed by atoms with Gasteiger partial charge in [-0.15, -0.1) is 0 Å². The molecule has 2 saturated carbocycles. The van der Waals surface area contributed by atoms with Gasteiger partial charge in [-0.25, -0.2) is 0 Å². The maximum atomic E-state index is 13.1. The summed E-state index contributed by atoms with van der Waals surface area (Å²) in [6.45, 7) is 10.4. The van der Waals surface area contributed by atoms with Crippen LogP contribution in [-0.4, -0.2) is 20.8 Å². The Balaban J connectivity index is 1.59. The van der Waals surface area contributed by atoms with E-state index in [1.807, 2.05) is 12.1 Å². The molecule has 1 aromatic heterocycles. The fourth-order valence-corrected chi connectivity index (χ4v) is 5.83. The Kier molecular flexibility index (Phi) is 6.67. The van der Waals surface area contributed by atoms with Gasteiger partial charge in [0.1, 0.15) is 0 Å². The molecular weight excluding hydrogens is 398 g/mol. The molecule has 0 bridgehead atoms. The summed E-state index contributed by atoms with van der Waals surface area (Å²) in [4.78, 5) is 13.1. The van der Waals surface area contributed by atoms with Crippen molar-refractivity contribution in [3.63, 3.8) is 0 Å². The summed E-state index contributed by atoms with van der Waals surface area (Å²) in [7, 11) is 0. The first-order valence-corrected chi connectivity index (χ1v) is 12.7. The molecule has 32 heavy (non-hydrogen) atoms. The van der Waals surface area contributed by atoms with Crippen LogP contribution in [0.3, 0.4) is 0 Å². The Labute approximate surface area is 193 Å². The van der Waals surface area contributed by atoms with Crippen molar-refractivity contribution in [1.29, 1.82) is 0 Å². The van der Waals surface area contributed by atoms with E-state index in [2.05, 4.69) is 37.0 Å². The third-order valence-electron chi connectivity index (χ3n) is 7.94. The maximum Gasteiger partial charge on any atom is 0.227 e. The summed E-state index contributed by atoms with van der Waals surface area (Å²) in [5.74, 6) is 2.31. The van der Waals surface area contributed by atoms with E-state index >= 15 is 0 Å². The SMILES string of the molecule is CC1CCCC(C(=O)Nc2cc3cn(C4CCC(C(C)C)CC4)nc3cc2C(C)(C)O)C1. The molecule has 2 atom stereocenters. The molecular formula is C27H41N3O2. The van der Waals surface area contributed by atoms with Crippen molar-refractivity contribution in [2.75, 3.05) is 5.32 Å². The average Bonchev–Trinajstić information content (AvgIpc) is 3.15. The quantitative estimate of drug-likeness (QED) is 0.565. The molecule has 2 aromatic rings. The molecule has 2 fully saturated rings. The Morgan fingerprint density at radius 1 is 1.16 bits per heavy atom. The molecule has 2 aliphatic rings. The van der Waals surface area contributed by atoms with Gasteiger partial charge >= 0.3 is 0 Å². The number of carbonyl (C=O) groups is 1. The number of benzene rings is 1. The number of amides is 1. The van der Waals surface area contributed by atoms with E-state index in [0.717, 1.165) is 53.3 Å². The summed E-state index contributed by atoms with van der Waals surface area (Å²) in [5.41, 5.74) is 1.28. The largest absolute Gasteiger partial charge is 0.386 e. The van der Waals surface area contributed by atoms with E-state index in [1.54, 1.807) is 13.8 Å². The molecule has 5 nitrogen and oxygen atoms in total. The van der Waals surface area contributed by atoms with Gasteiger partial charge in [-0.1, -0.05) is 33.6 Å². The standard InChI is InChI=1S/C27H41N3O2/c1-17(2)19-9-11-22(12-10-19)30-16-21-14-25(23(27(4,5)32)15-24(21)29-30)28-26(31)20-8-6-7-18(3)13-20/h14-20,22,32H,6-13H2,1-5H3,(H,28,31). The molecule has 2 aliphatic carbocycles. The second kappa shape index (κ2) is 9.17. The first-order valence-electron chi connectivity index (χ1n) is 12.7. The van der Waals surface area contributed by atoms with Gasteiger partial charge in [0, 0.05) is 28.8 Å². The van der Waals surface area contributed by atoms with Crippen molar-refractivity contribution in [1.82, 2.24) is 9.78 Å². The second-order valence-electron chi connectivity index (χ2n) is 11.4. The van der Waals surface area contributed by atoms with Crippen LogP contribution < -0.4 is 5.32 Å². The predicted molar refractivity (Wildman–Crippen MR) is 131 cm³/mol. The van der Waals surface area contributed by atoms with E-state index in [0.29, 0.717) is 12.0 Å². The van der Waals surface area contributed by atoms with E-state index in [4.69, 9.17) is 5.10 Å². The molecule has 5 heteroatoms. The predicted octanol–water partition coefficient (Wildman–Crippen LogP) is 6.42. The van der Waals surface area contributed by atoms with Crippen molar-refractivity contribution in [3.8, 4) is 0 Å². The molecule has 0 spiro atoms. The first-order chi connectivity index (χ1) is 15.1. The lowest BCUT2D eigenvalue weighted by Gasteiger charge is -2.30. The number of hydrogen-bond acceptors (Lipinski definition) is 3.